The molecule has 1 unspecified atom stereocenters. The van der Waals surface area contributed by atoms with Crippen molar-refractivity contribution in [1.29, 1.82) is 0 Å². The molecule has 0 N–H and O–H groups in total. The molecule has 1 atom stereocenters. The highest BCUT2D eigenvalue weighted by molar-refractivity contribution is 6.31. The van der Waals surface area contributed by atoms with E-state index >= 15 is 0 Å². The maximum absolute atomic E-state index is 13.3. The third-order valence-corrected chi connectivity index (χ3v) is 4.49. The Balaban J connectivity index is 1.89. The van der Waals surface area contributed by atoms with Crippen molar-refractivity contribution in [2.24, 2.45) is 16.1 Å². The zero-order chi connectivity index (χ0) is 21.0. The lowest BCUT2D eigenvalue weighted by atomic mass is 9.92. The second-order valence-electron chi connectivity index (χ2n) is 6.40. The van der Waals surface area contributed by atoms with E-state index in [1.165, 1.54) is 18.2 Å². The Bertz CT molecular complexity index is 1060. The van der Waals surface area contributed by atoms with Crippen molar-refractivity contribution in [1.82, 2.24) is 4.98 Å². The molecule has 3 heterocycles. The predicted octanol–water partition coefficient (Wildman–Crippen LogP) is 4.08. The molecule has 0 saturated heterocycles. The summed E-state index contributed by atoms with van der Waals surface area (Å²) in [5.74, 6) is -2.02. The lowest BCUT2D eigenvalue weighted by molar-refractivity contribution is -0.137. The summed E-state index contributed by atoms with van der Waals surface area (Å²) in [6, 6.07) is 5.70. The Morgan fingerprint density at radius 1 is 1.07 bits per heavy atom. The van der Waals surface area contributed by atoms with E-state index in [1.54, 1.807) is 0 Å². The molecule has 2 aliphatic heterocycles. The van der Waals surface area contributed by atoms with Gasteiger partial charge in [-0.1, -0.05) is 18.2 Å². The van der Waals surface area contributed by atoms with E-state index in [1.807, 2.05) is 0 Å². The minimum absolute atomic E-state index is 0.0235. The van der Waals surface area contributed by atoms with Crippen molar-refractivity contribution in [3.05, 3.63) is 47.8 Å². The summed E-state index contributed by atoms with van der Waals surface area (Å²) < 4.78 is 79.2. The summed E-state index contributed by atoms with van der Waals surface area (Å²) in [6.07, 6.45) is -7.18. The van der Waals surface area contributed by atoms with E-state index in [2.05, 4.69) is 15.2 Å². The predicted molar refractivity (Wildman–Crippen MR) is 91.6 cm³/mol. The van der Waals surface area contributed by atoms with E-state index < -0.39 is 36.3 Å². The van der Waals surface area contributed by atoms with Crippen molar-refractivity contribution in [3.8, 4) is 11.1 Å². The highest BCUT2D eigenvalue weighted by atomic mass is 19.4. The van der Waals surface area contributed by atoms with Crippen LogP contribution >= 0.6 is 0 Å². The fourth-order valence-electron chi connectivity index (χ4n) is 3.28. The summed E-state index contributed by atoms with van der Waals surface area (Å²) in [6.45, 7) is -1.61. The van der Waals surface area contributed by atoms with Gasteiger partial charge in [-0.3, -0.25) is 9.78 Å². The number of hydrogen-bond donors (Lipinski definition) is 0. The highest BCUT2D eigenvalue weighted by Crippen LogP contribution is 2.40. The number of carbonyl (C=O) groups excluding carboxylic acids is 1. The number of nitrogens with zero attached hydrogens (tertiary/aromatic N) is 4. The number of rotatable bonds is 2. The van der Waals surface area contributed by atoms with Gasteiger partial charge in [0.25, 0.3) is 0 Å². The van der Waals surface area contributed by atoms with Gasteiger partial charge in [-0.25, -0.2) is 0 Å². The molecule has 150 valence electrons. The minimum Gasteiger partial charge on any atom is -0.300 e. The largest absolute Gasteiger partial charge is 0.417 e. The molecule has 1 aromatic carbocycles. The van der Waals surface area contributed by atoms with Gasteiger partial charge in [0.1, 0.15) is 23.9 Å². The van der Waals surface area contributed by atoms with Crippen LogP contribution in [0.4, 0.5) is 32.0 Å². The van der Waals surface area contributed by atoms with Gasteiger partial charge in [0.15, 0.2) is 0 Å². The van der Waals surface area contributed by atoms with Crippen LogP contribution in [0.25, 0.3) is 11.1 Å². The molecule has 4 rings (SSSR count). The van der Waals surface area contributed by atoms with Crippen molar-refractivity contribution >= 4 is 23.5 Å². The van der Waals surface area contributed by atoms with Gasteiger partial charge in [0.05, 0.1) is 11.3 Å². The first-order chi connectivity index (χ1) is 13.6. The van der Waals surface area contributed by atoms with E-state index in [9.17, 15) is 31.1 Å². The maximum Gasteiger partial charge on any atom is 0.417 e. The van der Waals surface area contributed by atoms with E-state index in [4.69, 9.17) is 0 Å². The lowest BCUT2D eigenvalue weighted by Gasteiger charge is -2.32. The summed E-state index contributed by atoms with van der Waals surface area (Å²) in [4.78, 5) is 17.1. The van der Waals surface area contributed by atoms with Crippen LogP contribution in [-0.2, 0) is 11.0 Å². The van der Waals surface area contributed by atoms with Gasteiger partial charge in [-0.15, -0.1) is 0 Å². The van der Waals surface area contributed by atoms with Crippen LogP contribution < -0.4 is 4.90 Å². The van der Waals surface area contributed by atoms with Gasteiger partial charge < -0.3 is 4.90 Å². The zero-order valence-corrected chi connectivity index (χ0v) is 14.3. The first kappa shape index (κ1) is 19.1. The number of hydrogen-bond acceptors (Lipinski definition) is 4. The number of anilines is 1. The quantitative estimate of drug-likeness (QED) is 0.698. The molecule has 0 bridgehead atoms. The number of halogens is 6. The molecule has 0 radical (unpaired) electrons. The van der Waals surface area contributed by atoms with Gasteiger partial charge >= 0.3 is 12.4 Å². The van der Waals surface area contributed by atoms with Crippen LogP contribution in [0.1, 0.15) is 11.3 Å². The normalized spacial score (nSPS) is 18.6. The molecule has 11 heteroatoms. The average molecular weight is 412 g/mol. The SMILES string of the molecule is O=C1C2C=NN=C2c2ncc(-c3ccccc3C(F)(F)F)cc2N1CC(F)(F)F. The molecule has 5 nitrogen and oxygen atoms in total. The van der Waals surface area contributed by atoms with Crippen molar-refractivity contribution in [2.75, 3.05) is 11.4 Å². The second kappa shape index (κ2) is 6.39. The van der Waals surface area contributed by atoms with Crippen molar-refractivity contribution in [3.63, 3.8) is 0 Å². The van der Waals surface area contributed by atoms with Crippen LogP contribution in [0.5, 0.6) is 0 Å². The monoisotopic (exact) mass is 412 g/mol. The van der Waals surface area contributed by atoms with E-state index in [-0.39, 0.29) is 28.2 Å². The van der Waals surface area contributed by atoms with Crippen molar-refractivity contribution < 1.29 is 31.1 Å². The Morgan fingerprint density at radius 3 is 2.48 bits per heavy atom. The van der Waals surface area contributed by atoms with E-state index in [0.29, 0.717) is 4.90 Å². The molecule has 0 spiro atoms. The first-order valence-corrected chi connectivity index (χ1v) is 8.22. The number of benzene rings is 1. The highest BCUT2D eigenvalue weighted by Gasteiger charge is 2.44. The summed E-state index contributed by atoms with van der Waals surface area (Å²) in [7, 11) is 0. The molecular weight excluding hydrogens is 402 g/mol. The van der Waals surface area contributed by atoms with Gasteiger partial charge in [-0.05, 0) is 17.7 Å². The molecule has 0 aliphatic carbocycles. The smallest absolute Gasteiger partial charge is 0.300 e. The summed E-state index contributed by atoms with van der Waals surface area (Å²) in [5, 5.41) is 7.33. The molecule has 0 saturated carbocycles. The third-order valence-electron chi connectivity index (χ3n) is 4.49. The van der Waals surface area contributed by atoms with Crippen molar-refractivity contribution in [2.45, 2.75) is 12.4 Å². The fourth-order valence-corrected chi connectivity index (χ4v) is 3.28. The molecular formula is C18H10F6N4O. The molecule has 0 fully saturated rings. The molecule has 2 aromatic rings. The fraction of sp³-hybridized carbons (Fsp3) is 0.222. The van der Waals surface area contributed by atoms with Crippen LogP contribution in [0.2, 0.25) is 0 Å². The Hall–Kier alpha value is -3.24. The minimum atomic E-state index is -4.72. The number of aromatic nitrogens is 1. The number of carbonyl (C=O) groups is 1. The van der Waals surface area contributed by atoms with Gasteiger partial charge in [-0.2, -0.15) is 36.5 Å². The third kappa shape index (κ3) is 3.36. The second-order valence-corrected chi connectivity index (χ2v) is 6.40. The zero-order valence-electron chi connectivity index (χ0n) is 14.3. The molecule has 1 amide bonds. The van der Waals surface area contributed by atoms with Crippen LogP contribution in [0.15, 0.2) is 46.7 Å². The summed E-state index contributed by atoms with van der Waals surface area (Å²) >= 11 is 0. The molecule has 1 aromatic heterocycles. The Morgan fingerprint density at radius 2 is 1.79 bits per heavy atom. The summed E-state index contributed by atoms with van der Waals surface area (Å²) in [5.41, 5.74) is -1.52. The van der Waals surface area contributed by atoms with Crippen LogP contribution in [0.3, 0.4) is 0 Å². The van der Waals surface area contributed by atoms with Crippen LogP contribution in [-0.4, -0.2) is 35.5 Å². The Kier molecular flexibility index (Phi) is 4.21. The van der Waals surface area contributed by atoms with Crippen LogP contribution in [0, 0.1) is 5.92 Å². The maximum atomic E-state index is 13.3. The standard InChI is InChI=1S/C18H10F6N4O/c19-17(20,21)8-28-13-5-9(10-3-1-2-4-12(10)18(22,23)24)6-25-15(13)14-11(16(28)29)7-26-27-14/h1-7,11H,8H2. The van der Waals surface area contributed by atoms with Gasteiger partial charge in [0, 0.05) is 18.0 Å². The Labute approximate surface area is 159 Å². The molecule has 2 aliphatic rings. The number of amides is 1. The topological polar surface area (TPSA) is 57.9 Å². The molecule has 29 heavy (non-hydrogen) atoms. The van der Waals surface area contributed by atoms with Gasteiger partial charge in [0.2, 0.25) is 5.91 Å². The number of alkyl halides is 6. The average Bonchev–Trinajstić information content (AvgIpc) is 3.13. The number of pyridine rings is 1. The lowest BCUT2D eigenvalue weighted by Crippen LogP contribution is -2.48. The first-order valence-electron chi connectivity index (χ1n) is 8.22. The number of fused-ring (bicyclic) bond motifs is 3. The van der Waals surface area contributed by atoms with E-state index in [0.717, 1.165) is 24.5 Å².